The fourth-order valence-corrected chi connectivity index (χ4v) is 2.83. The number of anilines is 3. The Morgan fingerprint density at radius 3 is 3.00 bits per heavy atom. The third-order valence-corrected chi connectivity index (χ3v) is 4.13. The van der Waals surface area contributed by atoms with E-state index < -0.39 is 0 Å². The van der Waals surface area contributed by atoms with Crippen molar-refractivity contribution in [2.24, 2.45) is 0 Å². The average Bonchev–Trinajstić information content (AvgIpc) is 3.10. The van der Waals surface area contributed by atoms with Gasteiger partial charge < -0.3 is 25.4 Å². The van der Waals surface area contributed by atoms with Crippen LogP contribution in [0.2, 0.25) is 0 Å². The fraction of sp³-hybridized carbons (Fsp3) is 0.294. The highest BCUT2D eigenvalue weighted by molar-refractivity contribution is 5.94. The van der Waals surface area contributed by atoms with Gasteiger partial charge in [-0.2, -0.15) is 0 Å². The summed E-state index contributed by atoms with van der Waals surface area (Å²) in [6.45, 7) is 0.919. The third kappa shape index (κ3) is 3.16. The lowest BCUT2D eigenvalue weighted by molar-refractivity contribution is 0.0944. The smallest absolute Gasteiger partial charge is 0.271 e. The van der Waals surface area contributed by atoms with Gasteiger partial charge in [0.25, 0.3) is 5.91 Å². The van der Waals surface area contributed by atoms with Crippen LogP contribution in [-0.2, 0) is 0 Å². The largest absolute Gasteiger partial charge is 0.492 e. The lowest BCUT2D eigenvalue weighted by Crippen LogP contribution is -2.27. The van der Waals surface area contributed by atoms with Crippen LogP contribution in [0.15, 0.2) is 24.5 Å². The van der Waals surface area contributed by atoms with Gasteiger partial charge in [-0.15, -0.1) is 5.10 Å². The number of carbonyl (C=O) groups is 1. The zero-order valence-corrected chi connectivity index (χ0v) is 14.9. The minimum Gasteiger partial charge on any atom is -0.492 e. The number of hydrogen-bond acceptors (Lipinski definition) is 8. The molecule has 0 spiro atoms. The standard InChI is InChI=1S/C17H19N7O3/c1-18-11-7-14-22-12-6-10(8-21-17(12)26-2)27-5-3-4-19-16(25)13-9-20-15(11)24(13)23-14/h6-9,18H,3-5H2,1-2H3,(H,19,25)(H,22,23). The second-order valence-electron chi connectivity index (χ2n) is 5.88. The number of methoxy groups -OCH3 is 1. The molecule has 0 aliphatic carbocycles. The predicted molar refractivity (Wildman–Crippen MR) is 99.1 cm³/mol. The van der Waals surface area contributed by atoms with Crippen molar-refractivity contribution in [2.75, 3.05) is 37.9 Å². The molecule has 3 aromatic heterocycles. The van der Waals surface area contributed by atoms with E-state index in [1.54, 1.807) is 32.5 Å². The van der Waals surface area contributed by atoms with E-state index in [0.29, 0.717) is 54.0 Å². The molecule has 4 heterocycles. The Hall–Kier alpha value is -3.56. The molecule has 0 atom stereocenters. The number of amides is 1. The van der Waals surface area contributed by atoms with Crippen LogP contribution >= 0.6 is 0 Å². The molecule has 0 unspecified atom stereocenters. The lowest BCUT2D eigenvalue weighted by Gasteiger charge is -2.14. The molecule has 10 nitrogen and oxygen atoms in total. The number of fused-ring (bicyclic) bond motifs is 3. The monoisotopic (exact) mass is 369 g/mol. The normalized spacial score (nSPS) is 14.1. The highest BCUT2D eigenvalue weighted by atomic mass is 16.5. The van der Waals surface area contributed by atoms with Crippen LogP contribution in [0.1, 0.15) is 16.9 Å². The van der Waals surface area contributed by atoms with Crippen molar-refractivity contribution in [3.63, 3.8) is 0 Å². The first kappa shape index (κ1) is 16.9. The maximum absolute atomic E-state index is 12.5. The van der Waals surface area contributed by atoms with Gasteiger partial charge in [-0.3, -0.25) is 4.79 Å². The SMILES string of the molecule is CNc1cc2nn3c(cnc13)C(=O)NCCCOc1cnc(OC)c(c1)N2. The average molecular weight is 369 g/mol. The number of aromatic nitrogens is 4. The molecule has 4 rings (SSSR count). The summed E-state index contributed by atoms with van der Waals surface area (Å²) in [5.41, 5.74) is 2.23. The molecule has 0 radical (unpaired) electrons. The molecule has 27 heavy (non-hydrogen) atoms. The summed E-state index contributed by atoms with van der Waals surface area (Å²) in [5.74, 6) is 1.25. The number of pyridine rings is 1. The van der Waals surface area contributed by atoms with Crippen molar-refractivity contribution in [3.8, 4) is 11.6 Å². The van der Waals surface area contributed by atoms with Crippen LogP contribution in [0.3, 0.4) is 0 Å². The molecule has 4 bridgehead atoms. The summed E-state index contributed by atoms with van der Waals surface area (Å²) in [5, 5.41) is 13.6. The van der Waals surface area contributed by atoms with Crippen molar-refractivity contribution < 1.29 is 14.3 Å². The number of hydrogen-bond donors (Lipinski definition) is 3. The number of imidazole rings is 1. The molecule has 3 aromatic rings. The van der Waals surface area contributed by atoms with Crippen LogP contribution in [-0.4, -0.2) is 52.8 Å². The van der Waals surface area contributed by atoms with Crippen LogP contribution in [0.4, 0.5) is 17.2 Å². The molecule has 140 valence electrons. The van der Waals surface area contributed by atoms with Gasteiger partial charge in [0.1, 0.15) is 11.4 Å². The zero-order chi connectivity index (χ0) is 18.8. The van der Waals surface area contributed by atoms with E-state index in [9.17, 15) is 4.79 Å². The van der Waals surface area contributed by atoms with Gasteiger partial charge in [0.15, 0.2) is 17.2 Å². The molecular weight excluding hydrogens is 350 g/mol. The number of nitrogens with zero attached hydrogens (tertiary/aromatic N) is 4. The first-order valence-corrected chi connectivity index (χ1v) is 8.48. The van der Waals surface area contributed by atoms with E-state index >= 15 is 0 Å². The molecule has 10 heteroatoms. The van der Waals surface area contributed by atoms with Gasteiger partial charge in [-0.25, -0.2) is 14.5 Å². The van der Waals surface area contributed by atoms with Gasteiger partial charge in [0, 0.05) is 25.7 Å². The number of carbonyl (C=O) groups excluding carboxylic acids is 1. The first-order chi connectivity index (χ1) is 13.2. The van der Waals surface area contributed by atoms with Crippen molar-refractivity contribution in [2.45, 2.75) is 6.42 Å². The van der Waals surface area contributed by atoms with Crippen LogP contribution in [0.5, 0.6) is 11.6 Å². The Labute approximate surface area is 154 Å². The number of ether oxygens (including phenoxy) is 2. The molecule has 0 fully saturated rings. The van der Waals surface area contributed by atoms with E-state index in [4.69, 9.17) is 9.47 Å². The molecule has 0 aromatic carbocycles. The fourth-order valence-electron chi connectivity index (χ4n) is 2.83. The Kier molecular flexibility index (Phi) is 4.37. The first-order valence-electron chi connectivity index (χ1n) is 8.48. The summed E-state index contributed by atoms with van der Waals surface area (Å²) >= 11 is 0. The van der Waals surface area contributed by atoms with Crippen molar-refractivity contribution in [1.82, 2.24) is 24.9 Å². The summed E-state index contributed by atoms with van der Waals surface area (Å²) < 4.78 is 12.5. The lowest BCUT2D eigenvalue weighted by atomic mass is 10.3. The van der Waals surface area contributed by atoms with Gasteiger partial charge in [0.05, 0.1) is 31.8 Å². The van der Waals surface area contributed by atoms with E-state index in [1.165, 1.54) is 10.7 Å². The summed E-state index contributed by atoms with van der Waals surface area (Å²) in [6, 6.07) is 3.60. The van der Waals surface area contributed by atoms with Crippen LogP contribution < -0.4 is 25.4 Å². The Bertz CT molecular complexity index is 1000. The van der Waals surface area contributed by atoms with E-state index in [1.807, 2.05) is 0 Å². The Morgan fingerprint density at radius 2 is 2.19 bits per heavy atom. The second-order valence-corrected chi connectivity index (χ2v) is 5.88. The minimum absolute atomic E-state index is 0.246. The summed E-state index contributed by atoms with van der Waals surface area (Å²) in [4.78, 5) is 21.1. The van der Waals surface area contributed by atoms with Gasteiger partial charge in [-0.05, 0) is 6.42 Å². The van der Waals surface area contributed by atoms with E-state index in [0.717, 1.165) is 5.69 Å². The van der Waals surface area contributed by atoms with E-state index in [-0.39, 0.29) is 5.91 Å². The van der Waals surface area contributed by atoms with Crippen molar-refractivity contribution >= 4 is 28.7 Å². The minimum atomic E-state index is -0.246. The van der Waals surface area contributed by atoms with Crippen LogP contribution in [0, 0.1) is 0 Å². The van der Waals surface area contributed by atoms with Crippen LogP contribution in [0.25, 0.3) is 5.65 Å². The van der Waals surface area contributed by atoms with Gasteiger partial charge in [-0.1, -0.05) is 0 Å². The van der Waals surface area contributed by atoms with Crippen molar-refractivity contribution in [1.29, 1.82) is 0 Å². The summed E-state index contributed by atoms with van der Waals surface area (Å²) in [7, 11) is 3.32. The highest BCUT2D eigenvalue weighted by Crippen LogP contribution is 2.30. The molecule has 0 saturated carbocycles. The quantitative estimate of drug-likeness (QED) is 0.621. The molecule has 0 saturated heterocycles. The Morgan fingerprint density at radius 1 is 1.30 bits per heavy atom. The highest BCUT2D eigenvalue weighted by Gasteiger charge is 2.18. The van der Waals surface area contributed by atoms with Crippen molar-refractivity contribution in [3.05, 3.63) is 30.2 Å². The molecular formula is C17H19N7O3. The predicted octanol–water partition coefficient (Wildman–Crippen LogP) is 1.43. The summed E-state index contributed by atoms with van der Waals surface area (Å²) in [6.07, 6.45) is 3.75. The number of nitrogens with one attached hydrogen (secondary N) is 3. The zero-order valence-electron chi connectivity index (χ0n) is 14.9. The van der Waals surface area contributed by atoms with Gasteiger partial charge >= 0.3 is 0 Å². The molecule has 3 N–H and O–H groups in total. The molecule has 1 aliphatic rings. The molecule has 1 amide bonds. The second kappa shape index (κ2) is 6.98. The maximum Gasteiger partial charge on any atom is 0.271 e. The maximum atomic E-state index is 12.5. The van der Waals surface area contributed by atoms with Gasteiger partial charge in [0.2, 0.25) is 5.88 Å². The molecule has 1 aliphatic heterocycles. The number of rotatable bonds is 2. The Balaban J connectivity index is 1.87. The topological polar surface area (TPSA) is 115 Å². The third-order valence-electron chi connectivity index (χ3n) is 4.13. The van der Waals surface area contributed by atoms with E-state index in [2.05, 4.69) is 31.0 Å².